The van der Waals surface area contributed by atoms with Crippen molar-refractivity contribution in [3.05, 3.63) is 65.0 Å². The zero-order valence-electron chi connectivity index (χ0n) is 13.2. The first-order valence-electron chi connectivity index (χ1n) is 7.37. The summed E-state index contributed by atoms with van der Waals surface area (Å²) in [4.78, 5) is 23.8. The van der Waals surface area contributed by atoms with Crippen LogP contribution in [0.3, 0.4) is 0 Å². The number of carbonyl (C=O) groups excluding carboxylic acids is 2. The molecule has 0 radical (unpaired) electrons. The van der Waals surface area contributed by atoms with E-state index in [4.69, 9.17) is 0 Å². The topological polar surface area (TPSA) is 58.2 Å². The molecule has 0 aromatic heterocycles. The van der Waals surface area contributed by atoms with E-state index < -0.39 is 11.8 Å². The number of anilines is 1. The summed E-state index contributed by atoms with van der Waals surface area (Å²) in [5.41, 5.74) is 3.35. The zero-order valence-corrected chi connectivity index (χ0v) is 13.2. The van der Waals surface area contributed by atoms with Crippen LogP contribution >= 0.6 is 0 Å². The van der Waals surface area contributed by atoms with Crippen LogP contribution in [0.5, 0.6) is 0 Å². The van der Waals surface area contributed by atoms with Crippen molar-refractivity contribution in [2.24, 2.45) is 0 Å². The Morgan fingerprint density at radius 3 is 2.17 bits per heavy atom. The van der Waals surface area contributed by atoms with E-state index in [-0.39, 0.29) is 5.82 Å². The van der Waals surface area contributed by atoms with E-state index in [0.29, 0.717) is 18.7 Å². The van der Waals surface area contributed by atoms with Crippen molar-refractivity contribution in [1.29, 1.82) is 0 Å². The summed E-state index contributed by atoms with van der Waals surface area (Å²) in [6.07, 6.45) is 0.530. The summed E-state index contributed by atoms with van der Waals surface area (Å²) < 4.78 is 12.8. The molecule has 0 aliphatic rings. The molecule has 0 atom stereocenters. The first kappa shape index (κ1) is 16.7. The van der Waals surface area contributed by atoms with Crippen molar-refractivity contribution in [3.63, 3.8) is 0 Å². The molecule has 0 saturated heterocycles. The smallest absolute Gasteiger partial charge is 0.313 e. The van der Waals surface area contributed by atoms with E-state index in [0.717, 1.165) is 16.7 Å². The highest BCUT2D eigenvalue weighted by atomic mass is 19.1. The molecule has 0 unspecified atom stereocenters. The van der Waals surface area contributed by atoms with Crippen molar-refractivity contribution >= 4 is 17.5 Å². The predicted octanol–water partition coefficient (Wildman–Crippen LogP) is 2.74. The lowest BCUT2D eigenvalue weighted by atomic mass is 10.1. The Morgan fingerprint density at radius 2 is 1.57 bits per heavy atom. The fraction of sp³-hybridized carbons (Fsp3) is 0.222. The summed E-state index contributed by atoms with van der Waals surface area (Å²) >= 11 is 0. The average molecular weight is 314 g/mol. The van der Waals surface area contributed by atoms with E-state index in [9.17, 15) is 14.0 Å². The Balaban J connectivity index is 1.85. The first-order valence-corrected chi connectivity index (χ1v) is 7.37. The highest BCUT2D eigenvalue weighted by Crippen LogP contribution is 2.19. The van der Waals surface area contributed by atoms with Gasteiger partial charge in [0, 0.05) is 12.2 Å². The number of nitrogens with one attached hydrogen (secondary N) is 2. The molecule has 0 saturated carbocycles. The number of aryl methyl sites for hydroxylation is 2. The molecule has 120 valence electrons. The third-order valence-electron chi connectivity index (χ3n) is 3.54. The van der Waals surface area contributed by atoms with E-state index in [1.54, 1.807) is 12.1 Å². The van der Waals surface area contributed by atoms with Gasteiger partial charge in [-0.2, -0.15) is 0 Å². The SMILES string of the molecule is Cc1cccc(C)c1NC(=O)C(=O)NCCc1ccc(F)cc1. The van der Waals surface area contributed by atoms with Crippen LogP contribution in [0, 0.1) is 19.7 Å². The molecule has 2 aromatic carbocycles. The molecule has 2 N–H and O–H groups in total. The largest absolute Gasteiger partial charge is 0.347 e. The van der Waals surface area contributed by atoms with Gasteiger partial charge in [-0.05, 0) is 49.1 Å². The molecule has 0 heterocycles. The normalized spacial score (nSPS) is 10.2. The summed E-state index contributed by atoms with van der Waals surface area (Å²) in [7, 11) is 0. The molecule has 0 aliphatic heterocycles. The molecule has 2 amide bonds. The number of carbonyl (C=O) groups is 2. The van der Waals surface area contributed by atoms with Crippen molar-refractivity contribution in [2.45, 2.75) is 20.3 Å². The number of hydrogen-bond donors (Lipinski definition) is 2. The van der Waals surface area contributed by atoms with Crippen molar-refractivity contribution in [2.75, 3.05) is 11.9 Å². The van der Waals surface area contributed by atoms with Gasteiger partial charge in [0.2, 0.25) is 0 Å². The molecule has 0 bridgehead atoms. The quantitative estimate of drug-likeness (QED) is 0.853. The average Bonchev–Trinajstić information content (AvgIpc) is 2.52. The van der Waals surface area contributed by atoms with E-state index in [1.165, 1.54) is 12.1 Å². The van der Waals surface area contributed by atoms with Gasteiger partial charge in [0.25, 0.3) is 0 Å². The highest BCUT2D eigenvalue weighted by Gasteiger charge is 2.15. The van der Waals surface area contributed by atoms with Gasteiger partial charge < -0.3 is 10.6 Å². The van der Waals surface area contributed by atoms with Crippen molar-refractivity contribution in [1.82, 2.24) is 5.32 Å². The summed E-state index contributed by atoms with van der Waals surface area (Å²) in [6.45, 7) is 4.05. The molecule has 23 heavy (non-hydrogen) atoms. The maximum atomic E-state index is 12.8. The molecule has 0 spiro atoms. The molecule has 2 rings (SSSR count). The van der Waals surface area contributed by atoms with Crippen LogP contribution in [0.1, 0.15) is 16.7 Å². The van der Waals surface area contributed by atoms with Crippen molar-refractivity contribution < 1.29 is 14.0 Å². The minimum absolute atomic E-state index is 0.300. The van der Waals surface area contributed by atoms with Gasteiger partial charge in [0.05, 0.1) is 0 Å². The lowest BCUT2D eigenvalue weighted by Crippen LogP contribution is -2.36. The minimum Gasteiger partial charge on any atom is -0.347 e. The van der Waals surface area contributed by atoms with Gasteiger partial charge in [0.15, 0.2) is 0 Å². The lowest BCUT2D eigenvalue weighted by molar-refractivity contribution is -0.136. The van der Waals surface area contributed by atoms with Crippen LogP contribution in [0.2, 0.25) is 0 Å². The Labute approximate surface area is 134 Å². The van der Waals surface area contributed by atoms with Gasteiger partial charge in [-0.3, -0.25) is 9.59 Å². The number of para-hydroxylation sites is 1. The Morgan fingerprint density at radius 1 is 0.957 bits per heavy atom. The van der Waals surface area contributed by atoms with Gasteiger partial charge in [0.1, 0.15) is 5.82 Å². The zero-order chi connectivity index (χ0) is 16.8. The van der Waals surface area contributed by atoms with Gasteiger partial charge >= 0.3 is 11.8 Å². The molecule has 4 nitrogen and oxygen atoms in total. The van der Waals surface area contributed by atoms with E-state index in [1.807, 2.05) is 32.0 Å². The van der Waals surface area contributed by atoms with E-state index >= 15 is 0 Å². The molecular formula is C18H19FN2O2. The van der Waals surface area contributed by atoms with Crippen LogP contribution in [0.15, 0.2) is 42.5 Å². The van der Waals surface area contributed by atoms with Crippen LogP contribution in [-0.4, -0.2) is 18.4 Å². The summed E-state index contributed by atoms with van der Waals surface area (Å²) in [5, 5.41) is 5.19. The monoisotopic (exact) mass is 314 g/mol. The predicted molar refractivity (Wildman–Crippen MR) is 87.7 cm³/mol. The fourth-order valence-electron chi connectivity index (χ4n) is 2.23. The number of hydrogen-bond acceptors (Lipinski definition) is 2. The first-order chi connectivity index (χ1) is 11.0. The van der Waals surface area contributed by atoms with Crippen LogP contribution in [-0.2, 0) is 16.0 Å². The van der Waals surface area contributed by atoms with Crippen LogP contribution < -0.4 is 10.6 Å². The molecule has 0 aliphatic carbocycles. The van der Waals surface area contributed by atoms with Crippen molar-refractivity contribution in [3.8, 4) is 0 Å². The van der Waals surface area contributed by atoms with Gasteiger partial charge in [-0.15, -0.1) is 0 Å². The maximum absolute atomic E-state index is 12.8. The second kappa shape index (κ2) is 7.54. The summed E-state index contributed by atoms with van der Waals surface area (Å²) in [6, 6.07) is 11.7. The summed E-state index contributed by atoms with van der Waals surface area (Å²) in [5.74, 6) is -1.68. The van der Waals surface area contributed by atoms with Crippen LogP contribution in [0.4, 0.5) is 10.1 Å². The standard InChI is InChI=1S/C18H19FN2O2/c1-12-4-3-5-13(2)16(12)21-18(23)17(22)20-11-10-14-6-8-15(19)9-7-14/h3-9H,10-11H2,1-2H3,(H,20,22)(H,21,23). The number of halogens is 1. The Hall–Kier alpha value is -2.69. The molecule has 0 fully saturated rings. The number of amides is 2. The van der Waals surface area contributed by atoms with Gasteiger partial charge in [-0.25, -0.2) is 4.39 Å². The minimum atomic E-state index is -0.693. The Kier molecular flexibility index (Phi) is 5.46. The molecule has 5 heteroatoms. The lowest BCUT2D eigenvalue weighted by Gasteiger charge is -2.11. The third-order valence-corrected chi connectivity index (χ3v) is 3.54. The highest BCUT2D eigenvalue weighted by molar-refractivity contribution is 6.39. The second-order valence-electron chi connectivity index (χ2n) is 5.35. The Bertz CT molecular complexity index is 691. The maximum Gasteiger partial charge on any atom is 0.313 e. The number of benzene rings is 2. The van der Waals surface area contributed by atoms with E-state index in [2.05, 4.69) is 10.6 Å². The third kappa shape index (κ3) is 4.64. The number of rotatable bonds is 4. The second-order valence-corrected chi connectivity index (χ2v) is 5.35. The fourth-order valence-corrected chi connectivity index (χ4v) is 2.23. The van der Waals surface area contributed by atoms with Crippen LogP contribution in [0.25, 0.3) is 0 Å². The van der Waals surface area contributed by atoms with Gasteiger partial charge in [-0.1, -0.05) is 30.3 Å². The molecule has 2 aromatic rings. The molecular weight excluding hydrogens is 295 g/mol.